The van der Waals surface area contributed by atoms with Crippen molar-refractivity contribution >= 4 is 50.8 Å². The monoisotopic (exact) mass is 376 g/mol. The van der Waals surface area contributed by atoms with Crippen LogP contribution >= 0.6 is 23.8 Å². The quantitative estimate of drug-likeness (QED) is 0.585. The van der Waals surface area contributed by atoms with E-state index in [-0.39, 0.29) is 30.5 Å². The summed E-state index contributed by atoms with van der Waals surface area (Å²) in [6, 6.07) is 7.32. The molecule has 130 valence electrons. The van der Waals surface area contributed by atoms with Gasteiger partial charge in [-0.3, -0.25) is 18.3 Å². The van der Waals surface area contributed by atoms with Crippen LogP contribution in [0.25, 0.3) is 10.1 Å². The van der Waals surface area contributed by atoms with E-state index in [4.69, 9.17) is 0 Å². The third-order valence-corrected chi connectivity index (χ3v) is 5.29. The second kappa shape index (κ2) is 7.69. The fraction of sp³-hybridized carbons (Fsp3) is 0.375. The third-order valence-electron chi connectivity index (χ3n) is 4.10. The molecule has 0 aliphatic carbocycles. The number of isothiocyanates is 1. The number of benzene rings is 1. The molecule has 1 aliphatic heterocycles. The molecule has 1 aromatic carbocycles. The standard InChI is InChI=1S/C16H16N4O3S2/c21-14(9-17-11-24)18-5-7-19(8-6-18)15(22)10-20-16(23)12-3-1-2-4-13(12)25-20/h1-4H,5-10H2. The number of nitrogens with zero attached hydrogens (tertiary/aromatic N) is 4. The lowest BCUT2D eigenvalue weighted by Crippen LogP contribution is -2.52. The van der Waals surface area contributed by atoms with Gasteiger partial charge in [0.1, 0.15) is 13.1 Å². The smallest absolute Gasteiger partial charge is 0.268 e. The second-order valence-corrected chi connectivity index (χ2v) is 6.84. The minimum absolute atomic E-state index is 0.00533. The van der Waals surface area contributed by atoms with E-state index in [0.717, 1.165) is 4.70 Å². The number of aromatic nitrogens is 1. The lowest BCUT2D eigenvalue weighted by Gasteiger charge is -2.34. The number of carbonyl (C=O) groups is 2. The number of aliphatic imine (C=N–C) groups is 1. The van der Waals surface area contributed by atoms with E-state index in [2.05, 4.69) is 22.4 Å². The molecular formula is C16H16N4O3S2. The van der Waals surface area contributed by atoms with E-state index in [1.54, 1.807) is 15.9 Å². The molecule has 7 nitrogen and oxygen atoms in total. The van der Waals surface area contributed by atoms with E-state index >= 15 is 0 Å². The summed E-state index contributed by atoms with van der Waals surface area (Å²) in [7, 11) is 0. The van der Waals surface area contributed by atoms with Crippen molar-refractivity contribution in [1.29, 1.82) is 0 Å². The summed E-state index contributed by atoms with van der Waals surface area (Å²) in [6.07, 6.45) is 0. The maximum Gasteiger partial charge on any atom is 0.268 e. The SMILES string of the molecule is O=C(CN=C=S)N1CCN(C(=O)Cn2sc3ccccc3c2=O)CC1. The minimum Gasteiger partial charge on any atom is -0.338 e. The summed E-state index contributed by atoms with van der Waals surface area (Å²) >= 11 is 5.75. The minimum atomic E-state index is -0.138. The normalized spacial score (nSPS) is 14.4. The molecule has 0 bridgehead atoms. The number of fused-ring (bicyclic) bond motifs is 1. The van der Waals surface area contributed by atoms with Crippen molar-refractivity contribution in [3.8, 4) is 0 Å². The molecule has 0 saturated carbocycles. The van der Waals surface area contributed by atoms with Gasteiger partial charge in [0.05, 0.1) is 15.2 Å². The van der Waals surface area contributed by atoms with Crippen LogP contribution in [0.15, 0.2) is 34.1 Å². The number of hydrogen-bond donors (Lipinski definition) is 0. The van der Waals surface area contributed by atoms with Gasteiger partial charge in [-0.05, 0) is 24.4 Å². The maximum atomic E-state index is 12.5. The van der Waals surface area contributed by atoms with Gasteiger partial charge in [0.25, 0.3) is 5.56 Å². The van der Waals surface area contributed by atoms with Crippen LogP contribution in [0, 0.1) is 0 Å². The van der Waals surface area contributed by atoms with Gasteiger partial charge in [-0.2, -0.15) is 0 Å². The highest BCUT2D eigenvalue weighted by molar-refractivity contribution is 7.78. The molecule has 0 radical (unpaired) electrons. The van der Waals surface area contributed by atoms with E-state index < -0.39 is 0 Å². The van der Waals surface area contributed by atoms with Crippen molar-refractivity contribution in [2.24, 2.45) is 4.99 Å². The number of amides is 2. The first-order valence-electron chi connectivity index (χ1n) is 7.78. The number of carbonyl (C=O) groups excluding carboxylic acids is 2. The molecule has 1 aromatic heterocycles. The summed E-state index contributed by atoms with van der Waals surface area (Å²) in [4.78, 5) is 43.6. The van der Waals surface area contributed by atoms with Crippen molar-refractivity contribution in [2.75, 3.05) is 32.7 Å². The Bertz CT molecular complexity index is 905. The molecule has 0 atom stereocenters. The van der Waals surface area contributed by atoms with Crippen molar-refractivity contribution in [1.82, 2.24) is 13.8 Å². The average Bonchev–Trinajstić information content (AvgIpc) is 2.96. The van der Waals surface area contributed by atoms with Gasteiger partial charge < -0.3 is 9.80 Å². The van der Waals surface area contributed by atoms with Crippen LogP contribution in [0.1, 0.15) is 0 Å². The Hall–Kier alpha value is -2.35. The number of thiocarbonyl (C=S) groups is 1. The highest BCUT2D eigenvalue weighted by Crippen LogP contribution is 2.16. The molecule has 2 amide bonds. The number of hydrogen-bond acceptors (Lipinski definition) is 6. The first-order valence-corrected chi connectivity index (χ1v) is 8.96. The first kappa shape index (κ1) is 17.5. The average molecular weight is 376 g/mol. The Morgan fingerprint density at radius 2 is 1.76 bits per heavy atom. The predicted octanol–water partition coefficient (Wildman–Crippen LogP) is 0.837. The molecule has 0 unspecified atom stereocenters. The van der Waals surface area contributed by atoms with Gasteiger partial charge in [-0.1, -0.05) is 23.7 Å². The van der Waals surface area contributed by atoms with E-state index in [9.17, 15) is 14.4 Å². The highest BCUT2D eigenvalue weighted by atomic mass is 32.1. The zero-order valence-electron chi connectivity index (χ0n) is 13.4. The Balaban J connectivity index is 1.61. The molecule has 2 heterocycles. The van der Waals surface area contributed by atoms with Crippen LogP contribution in [-0.2, 0) is 16.1 Å². The zero-order chi connectivity index (χ0) is 17.8. The van der Waals surface area contributed by atoms with Crippen LogP contribution < -0.4 is 5.56 Å². The van der Waals surface area contributed by atoms with Crippen LogP contribution in [0.2, 0.25) is 0 Å². The third kappa shape index (κ3) is 3.84. The summed E-state index contributed by atoms with van der Waals surface area (Å²) in [6.45, 7) is 1.84. The zero-order valence-corrected chi connectivity index (χ0v) is 15.0. The summed E-state index contributed by atoms with van der Waals surface area (Å²) < 4.78 is 2.35. The lowest BCUT2D eigenvalue weighted by atomic mass is 10.3. The Morgan fingerprint density at radius 1 is 1.12 bits per heavy atom. The molecular weight excluding hydrogens is 360 g/mol. The highest BCUT2D eigenvalue weighted by Gasteiger charge is 2.24. The number of piperazine rings is 1. The molecule has 9 heteroatoms. The van der Waals surface area contributed by atoms with Crippen molar-refractivity contribution in [3.05, 3.63) is 34.6 Å². The Labute approximate surface area is 153 Å². The van der Waals surface area contributed by atoms with Gasteiger partial charge in [0.15, 0.2) is 0 Å². The van der Waals surface area contributed by atoms with Gasteiger partial charge in [0.2, 0.25) is 11.8 Å². The van der Waals surface area contributed by atoms with E-state index in [1.807, 2.05) is 18.2 Å². The van der Waals surface area contributed by atoms with Crippen LogP contribution in [0.4, 0.5) is 0 Å². The largest absolute Gasteiger partial charge is 0.338 e. The molecule has 2 aromatic rings. The molecule has 0 spiro atoms. The maximum absolute atomic E-state index is 12.5. The summed E-state index contributed by atoms with van der Waals surface area (Å²) in [5.41, 5.74) is -0.138. The van der Waals surface area contributed by atoms with Crippen molar-refractivity contribution in [3.63, 3.8) is 0 Å². The van der Waals surface area contributed by atoms with Crippen LogP contribution in [-0.4, -0.2) is 63.5 Å². The van der Waals surface area contributed by atoms with Gasteiger partial charge in [-0.15, -0.1) is 0 Å². The van der Waals surface area contributed by atoms with Gasteiger partial charge in [-0.25, -0.2) is 4.99 Å². The molecule has 1 saturated heterocycles. The number of rotatable bonds is 4. The molecule has 1 aliphatic rings. The van der Waals surface area contributed by atoms with Gasteiger partial charge >= 0.3 is 0 Å². The molecule has 25 heavy (non-hydrogen) atoms. The molecule has 0 N–H and O–H groups in total. The van der Waals surface area contributed by atoms with Crippen molar-refractivity contribution < 1.29 is 9.59 Å². The fourth-order valence-electron chi connectivity index (χ4n) is 2.75. The predicted molar refractivity (Wildman–Crippen MR) is 99.1 cm³/mol. The van der Waals surface area contributed by atoms with E-state index in [1.165, 1.54) is 15.5 Å². The van der Waals surface area contributed by atoms with Crippen molar-refractivity contribution in [2.45, 2.75) is 6.54 Å². The second-order valence-electron chi connectivity index (χ2n) is 5.60. The molecule has 1 fully saturated rings. The van der Waals surface area contributed by atoms with Crippen LogP contribution in [0.3, 0.4) is 0 Å². The Kier molecular flexibility index (Phi) is 5.37. The van der Waals surface area contributed by atoms with Crippen LogP contribution in [0.5, 0.6) is 0 Å². The molecule has 3 rings (SSSR count). The topological polar surface area (TPSA) is 75.0 Å². The first-order chi connectivity index (χ1) is 12.1. The Morgan fingerprint density at radius 3 is 2.40 bits per heavy atom. The fourth-order valence-corrected chi connectivity index (χ4v) is 3.80. The van der Waals surface area contributed by atoms with Gasteiger partial charge in [0, 0.05) is 26.2 Å². The summed E-state index contributed by atoms with van der Waals surface area (Å²) in [5, 5.41) is 2.81. The van der Waals surface area contributed by atoms with E-state index in [0.29, 0.717) is 31.6 Å². The summed E-state index contributed by atoms with van der Waals surface area (Å²) in [5.74, 6) is -0.233. The lowest BCUT2D eigenvalue weighted by molar-refractivity contribution is -0.139.